The summed E-state index contributed by atoms with van der Waals surface area (Å²) in [5.41, 5.74) is 0.808. The molecule has 1 aromatic carbocycles. The second-order valence-corrected chi connectivity index (χ2v) is 4.50. The van der Waals surface area contributed by atoms with Crippen molar-refractivity contribution in [3.05, 3.63) is 53.2 Å². The average Bonchev–Trinajstić information content (AvgIpc) is 2.41. The van der Waals surface area contributed by atoms with Gasteiger partial charge in [-0.05, 0) is 24.3 Å². The zero-order chi connectivity index (χ0) is 13.7. The van der Waals surface area contributed by atoms with Gasteiger partial charge in [0.25, 0.3) is 0 Å². The molecule has 0 unspecified atom stereocenters. The summed E-state index contributed by atoms with van der Waals surface area (Å²) in [6, 6.07) is 7.06. The number of halogens is 2. The standard InChI is InChI=1S/C13H12Cl2N4/c1-2-6-16-13-17-7-5-12(19-13)18-9-3-4-10(14)11(15)8-9/h2-5,7-8H,1,6H2,(H2,16,17,18,19). The van der Waals surface area contributed by atoms with E-state index < -0.39 is 0 Å². The summed E-state index contributed by atoms with van der Waals surface area (Å²) in [5, 5.41) is 7.15. The second kappa shape index (κ2) is 6.41. The summed E-state index contributed by atoms with van der Waals surface area (Å²) < 4.78 is 0. The van der Waals surface area contributed by atoms with Crippen LogP contribution in [0.3, 0.4) is 0 Å². The van der Waals surface area contributed by atoms with Crippen molar-refractivity contribution in [1.29, 1.82) is 0 Å². The lowest BCUT2D eigenvalue weighted by Gasteiger charge is -2.08. The molecule has 0 aliphatic heterocycles. The smallest absolute Gasteiger partial charge is 0.224 e. The van der Waals surface area contributed by atoms with Crippen molar-refractivity contribution in [2.45, 2.75) is 0 Å². The summed E-state index contributed by atoms with van der Waals surface area (Å²) in [4.78, 5) is 8.39. The molecule has 2 aromatic rings. The monoisotopic (exact) mass is 294 g/mol. The van der Waals surface area contributed by atoms with Crippen LogP contribution in [0.5, 0.6) is 0 Å². The van der Waals surface area contributed by atoms with Gasteiger partial charge in [-0.2, -0.15) is 4.98 Å². The van der Waals surface area contributed by atoms with Gasteiger partial charge in [0.1, 0.15) is 5.82 Å². The molecular formula is C13H12Cl2N4. The lowest BCUT2D eigenvalue weighted by Crippen LogP contribution is -2.04. The van der Waals surface area contributed by atoms with E-state index in [0.717, 1.165) is 5.69 Å². The first-order chi connectivity index (χ1) is 9.19. The fourth-order valence-electron chi connectivity index (χ4n) is 1.40. The maximum Gasteiger partial charge on any atom is 0.224 e. The topological polar surface area (TPSA) is 49.8 Å². The lowest BCUT2D eigenvalue weighted by atomic mass is 10.3. The van der Waals surface area contributed by atoms with Gasteiger partial charge in [-0.25, -0.2) is 4.98 Å². The van der Waals surface area contributed by atoms with Crippen molar-refractivity contribution in [3.8, 4) is 0 Å². The van der Waals surface area contributed by atoms with Gasteiger partial charge in [0, 0.05) is 18.4 Å². The molecule has 1 heterocycles. The highest BCUT2D eigenvalue weighted by Gasteiger charge is 2.02. The minimum Gasteiger partial charge on any atom is -0.351 e. The van der Waals surface area contributed by atoms with Gasteiger partial charge in [-0.1, -0.05) is 29.3 Å². The SMILES string of the molecule is C=CCNc1nccc(Nc2ccc(Cl)c(Cl)c2)n1. The van der Waals surface area contributed by atoms with Crippen LogP contribution in [-0.4, -0.2) is 16.5 Å². The largest absolute Gasteiger partial charge is 0.351 e. The Morgan fingerprint density at radius 1 is 1.21 bits per heavy atom. The molecule has 0 amide bonds. The van der Waals surface area contributed by atoms with Crippen LogP contribution in [0.25, 0.3) is 0 Å². The van der Waals surface area contributed by atoms with Crippen molar-refractivity contribution in [2.24, 2.45) is 0 Å². The Hall–Kier alpha value is -1.78. The molecule has 0 saturated carbocycles. The first-order valence-corrected chi connectivity index (χ1v) is 6.34. The van der Waals surface area contributed by atoms with E-state index in [4.69, 9.17) is 23.2 Å². The lowest BCUT2D eigenvalue weighted by molar-refractivity contribution is 1.12. The Morgan fingerprint density at radius 2 is 2.05 bits per heavy atom. The molecule has 6 heteroatoms. The Balaban J connectivity index is 2.13. The third kappa shape index (κ3) is 3.84. The molecule has 0 radical (unpaired) electrons. The van der Waals surface area contributed by atoms with Crippen LogP contribution >= 0.6 is 23.2 Å². The molecule has 1 aromatic heterocycles. The van der Waals surface area contributed by atoms with Gasteiger partial charge in [-0.15, -0.1) is 6.58 Å². The molecule has 0 aliphatic rings. The van der Waals surface area contributed by atoms with Gasteiger partial charge < -0.3 is 10.6 Å². The van der Waals surface area contributed by atoms with E-state index in [9.17, 15) is 0 Å². The van der Waals surface area contributed by atoms with E-state index >= 15 is 0 Å². The van der Waals surface area contributed by atoms with E-state index in [1.165, 1.54) is 0 Å². The summed E-state index contributed by atoms with van der Waals surface area (Å²) >= 11 is 11.8. The Kier molecular flexibility index (Phi) is 4.60. The Morgan fingerprint density at radius 3 is 2.79 bits per heavy atom. The molecule has 2 rings (SSSR count). The van der Waals surface area contributed by atoms with Crippen LogP contribution in [0.4, 0.5) is 17.5 Å². The van der Waals surface area contributed by atoms with E-state index in [-0.39, 0.29) is 0 Å². The van der Waals surface area contributed by atoms with Crippen molar-refractivity contribution < 1.29 is 0 Å². The maximum atomic E-state index is 5.95. The van der Waals surface area contributed by atoms with Crippen molar-refractivity contribution >= 4 is 40.7 Å². The first kappa shape index (κ1) is 13.6. The van der Waals surface area contributed by atoms with Crippen molar-refractivity contribution in [2.75, 3.05) is 17.2 Å². The number of anilines is 3. The zero-order valence-corrected chi connectivity index (χ0v) is 11.5. The molecule has 0 aliphatic carbocycles. The molecule has 0 spiro atoms. The van der Waals surface area contributed by atoms with Gasteiger partial charge in [0.15, 0.2) is 0 Å². The Labute approximate surface area is 121 Å². The van der Waals surface area contributed by atoms with E-state index in [1.54, 1.807) is 30.5 Å². The van der Waals surface area contributed by atoms with Gasteiger partial charge in [0.05, 0.1) is 10.0 Å². The number of nitrogens with zero attached hydrogens (tertiary/aromatic N) is 2. The van der Waals surface area contributed by atoms with Gasteiger partial charge in [0.2, 0.25) is 5.95 Å². The molecule has 2 N–H and O–H groups in total. The molecule has 19 heavy (non-hydrogen) atoms. The van der Waals surface area contributed by atoms with Crippen LogP contribution in [0.15, 0.2) is 43.1 Å². The van der Waals surface area contributed by atoms with E-state index in [2.05, 4.69) is 27.2 Å². The van der Waals surface area contributed by atoms with Crippen molar-refractivity contribution in [3.63, 3.8) is 0 Å². The van der Waals surface area contributed by atoms with Crippen LogP contribution in [0.1, 0.15) is 0 Å². The van der Waals surface area contributed by atoms with Gasteiger partial charge in [-0.3, -0.25) is 0 Å². The summed E-state index contributed by atoms with van der Waals surface area (Å²) in [6.45, 7) is 4.23. The van der Waals surface area contributed by atoms with Gasteiger partial charge >= 0.3 is 0 Å². The van der Waals surface area contributed by atoms with Crippen LogP contribution in [-0.2, 0) is 0 Å². The van der Waals surface area contributed by atoms with Crippen LogP contribution in [0, 0.1) is 0 Å². The molecule has 0 saturated heterocycles. The molecule has 0 bridgehead atoms. The Bertz CT molecular complexity index is 587. The third-order valence-electron chi connectivity index (χ3n) is 2.25. The quantitative estimate of drug-likeness (QED) is 0.814. The molecule has 98 valence electrons. The number of hydrogen-bond donors (Lipinski definition) is 2. The number of rotatable bonds is 5. The van der Waals surface area contributed by atoms with Crippen LogP contribution in [0.2, 0.25) is 10.0 Å². The average molecular weight is 295 g/mol. The summed E-state index contributed by atoms with van der Waals surface area (Å²) in [5.74, 6) is 1.20. The highest BCUT2D eigenvalue weighted by Crippen LogP contribution is 2.26. The molecular weight excluding hydrogens is 283 g/mol. The fraction of sp³-hybridized carbons (Fsp3) is 0.0769. The number of aromatic nitrogens is 2. The zero-order valence-electron chi connectivity index (χ0n) is 10.0. The highest BCUT2D eigenvalue weighted by molar-refractivity contribution is 6.42. The predicted molar refractivity (Wildman–Crippen MR) is 80.5 cm³/mol. The molecule has 4 nitrogen and oxygen atoms in total. The minimum atomic E-state index is 0.491. The third-order valence-corrected chi connectivity index (χ3v) is 2.99. The molecule has 0 atom stereocenters. The second-order valence-electron chi connectivity index (χ2n) is 3.69. The normalized spacial score (nSPS) is 10.0. The van der Waals surface area contributed by atoms with E-state index in [0.29, 0.717) is 28.4 Å². The fourth-order valence-corrected chi connectivity index (χ4v) is 1.70. The summed E-state index contributed by atoms with van der Waals surface area (Å²) in [6.07, 6.45) is 3.40. The van der Waals surface area contributed by atoms with Crippen LogP contribution < -0.4 is 10.6 Å². The van der Waals surface area contributed by atoms with E-state index in [1.807, 2.05) is 6.07 Å². The number of benzene rings is 1. The maximum absolute atomic E-state index is 5.95. The molecule has 0 fully saturated rings. The summed E-state index contributed by atoms with van der Waals surface area (Å²) in [7, 11) is 0. The minimum absolute atomic E-state index is 0.491. The van der Waals surface area contributed by atoms with Crippen molar-refractivity contribution in [1.82, 2.24) is 9.97 Å². The number of hydrogen-bond acceptors (Lipinski definition) is 4. The number of nitrogens with one attached hydrogen (secondary N) is 2. The predicted octanol–water partition coefficient (Wildman–Crippen LogP) is 4.12. The highest BCUT2D eigenvalue weighted by atomic mass is 35.5. The first-order valence-electron chi connectivity index (χ1n) is 5.59.